The van der Waals surface area contributed by atoms with E-state index in [0.717, 1.165) is 33.8 Å². The minimum absolute atomic E-state index is 0.894. The van der Waals surface area contributed by atoms with Gasteiger partial charge < -0.3 is 5.32 Å². The smallest absolute Gasteiger partial charge is 0.151 e. The summed E-state index contributed by atoms with van der Waals surface area (Å²) >= 11 is 5.23. The second-order valence-electron chi connectivity index (χ2n) is 4.17. The van der Waals surface area contributed by atoms with Gasteiger partial charge in [0.15, 0.2) is 5.82 Å². The monoisotopic (exact) mass is 325 g/mol. The van der Waals surface area contributed by atoms with Gasteiger partial charge >= 0.3 is 0 Å². The highest BCUT2D eigenvalue weighted by atomic mass is 79.9. The molecule has 0 aliphatic heterocycles. The summed E-state index contributed by atoms with van der Waals surface area (Å²) in [5.74, 6) is 0.894. The average Bonchev–Trinajstić information content (AvgIpc) is 2.77. The second kappa shape index (κ2) is 5.80. The zero-order chi connectivity index (χ0) is 13.1. The van der Waals surface area contributed by atoms with Crippen molar-refractivity contribution in [3.8, 4) is 10.6 Å². The molecule has 0 radical (unpaired) electrons. The number of nitrogens with zero attached hydrogens (tertiary/aromatic N) is 2. The fourth-order valence-corrected chi connectivity index (χ4v) is 3.30. The van der Waals surface area contributed by atoms with Gasteiger partial charge in [-0.2, -0.15) is 0 Å². The minimum Gasteiger partial charge on any atom is -0.368 e. The molecular formula is C13H16BrN3S. The first-order valence-electron chi connectivity index (χ1n) is 5.96. The molecule has 1 N–H and O–H groups in total. The number of hydrogen-bond donors (Lipinski definition) is 1. The molecule has 0 bridgehead atoms. The van der Waals surface area contributed by atoms with Crippen molar-refractivity contribution in [2.45, 2.75) is 27.2 Å². The standard InChI is InChI=1S/C13H16BrN3S/c1-4-6-15-13-9(3)8(2)11(16-17-13)12-10(14)5-7-18-12/h5,7H,4,6H2,1-3H3,(H,15,17). The van der Waals surface area contributed by atoms with Gasteiger partial charge in [-0.1, -0.05) is 6.92 Å². The van der Waals surface area contributed by atoms with E-state index in [-0.39, 0.29) is 0 Å². The summed E-state index contributed by atoms with van der Waals surface area (Å²) in [4.78, 5) is 1.14. The molecule has 0 saturated heterocycles. The van der Waals surface area contributed by atoms with E-state index in [1.165, 1.54) is 11.1 Å². The highest BCUT2D eigenvalue weighted by Crippen LogP contribution is 2.35. The van der Waals surface area contributed by atoms with E-state index in [0.29, 0.717) is 0 Å². The molecule has 5 heteroatoms. The van der Waals surface area contributed by atoms with Crippen LogP contribution < -0.4 is 5.32 Å². The Bertz CT molecular complexity index is 551. The molecule has 0 aliphatic rings. The van der Waals surface area contributed by atoms with Gasteiger partial charge in [0, 0.05) is 11.0 Å². The predicted molar refractivity (Wildman–Crippen MR) is 81.3 cm³/mol. The lowest BCUT2D eigenvalue weighted by Crippen LogP contribution is -2.07. The van der Waals surface area contributed by atoms with Crippen molar-refractivity contribution in [2.24, 2.45) is 0 Å². The molecule has 0 aromatic carbocycles. The van der Waals surface area contributed by atoms with Gasteiger partial charge in [-0.3, -0.25) is 0 Å². The Morgan fingerprint density at radius 3 is 2.67 bits per heavy atom. The van der Waals surface area contributed by atoms with Crippen molar-refractivity contribution < 1.29 is 0 Å². The van der Waals surface area contributed by atoms with E-state index >= 15 is 0 Å². The van der Waals surface area contributed by atoms with Crippen LogP contribution in [0.15, 0.2) is 15.9 Å². The number of nitrogens with one attached hydrogen (secondary N) is 1. The van der Waals surface area contributed by atoms with Gasteiger partial charge in [-0.25, -0.2) is 0 Å². The summed E-state index contributed by atoms with van der Waals surface area (Å²) in [5, 5.41) is 14.0. The van der Waals surface area contributed by atoms with E-state index in [9.17, 15) is 0 Å². The predicted octanol–water partition coefficient (Wildman–Crippen LogP) is 4.41. The van der Waals surface area contributed by atoms with Gasteiger partial charge in [-0.15, -0.1) is 21.5 Å². The molecule has 18 heavy (non-hydrogen) atoms. The molecule has 0 aliphatic carbocycles. The Labute approximate surface area is 120 Å². The van der Waals surface area contributed by atoms with Gasteiger partial charge in [0.25, 0.3) is 0 Å². The Kier molecular flexibility index (Phi) is 4.35. The lowest BCUT2D eigenvalue weighted by molar-refractivity contribution is 0.933. The average molecular weight is 326 g/mol. The summed E-state index contributed by atoms with van der Waals surface area (Å²) in [7, 11) is 0. The molecule has 0 amide bonds. The summed E-state index contributed by atoms with van der Waals surface area (Å²) in [5.41, 5.74) is 3.33. The molecular weight excluding hydrogens is 310 g/mol. The maximum Gasteiger partial charge on any atom is 0.151 e. The van der Waals surface area contributed by atoms with E-state index in [2.05, 4.69) is 57.6 Å². The van der Waals surface area contributed by atoms with Crippen LogP contribution in [0.25, 0.3) is 10.6 Å². The van der Waals surface area contributed by atoms with Crippen molar-refractivity contribution in [3.63, 3.8) is 0 Å². The van der Waals surface area contributed by atoms with Crippen LogP contribution in [0.3, 0.4) is 0 Å². The van der Waals surface area contributed by atoms with Gasteiger partial charge in [-0.05, 0) is 58.8 Å². The maximum atomic E-state index is 4.36. The summed E-state index contributed by atoms with van der Waals surface area (Å²) in [6.07, 6.45) is 1.08. The summed E-state index contributed by atoms with van der Waals surface area (Å²) in [6.45, 7) is 7.26. The van der Waals surface area contributed by atoms with E-state index in [1.54, 1.807) is 11.3 Å². The zero-order valence-corrected chi connectivity index (χ0v) is 13.2. The molecule has 0 unspecified atom stereocenters. The normalized spacial score (nSPS) is 10.7. The van der Waals surface area contributed by atoms with Crippen LogP contribution >= 0.6 is 27.3 Å². The highest BCUT2D eigenvalue weighted by Gasteiger charge is 2.14. The summed E-state index contributed by atoms with van der Waals surface area (Å²) in [6, 6.07) is 2.04. The first-order chi connectivity index (χ1) is 8.65. The van der Waals surface area contributed by atoms with Crippen LogP contribution in [0.1, 0.15) is 24.5 Å². The first-order valence-corrected chi connectivity index (χ1v) is 7.63. The van der Waals surface area contributed by atoms with Crippen LogP contribution in [0.2, 0.25) is 0 Å². The van der Waals surface area contributed by atoms with Crippen molar-refractivity contribution in [1.29, 1.82) is 0 Å². The molecule has 96 valence electrons. The molecule has 3 nitrogen and oxygen atoms in total. The van der Waals surface area contributed by atoms with Crippen molar-refractivity contribution >= 4 is 33.1 Å². The quantitative estimate of drug-likeness (QED) is 0.904. The molecule has 2 rings (SSSR count). The minimum atomic E-state index is 0.894. The fraction of sp³-hybridized carbons (Fsp3) is 0.385. The SMILES string of the molecule is CCCNc1nnc(-c2sccc2Br)c(C)c1C. The highest BCUT2D eigenvalue weighted by molar-refractivity contribution is 9.10. The Balaban J connectivity index is 2.41. The van der Waals surface area contributed by atoms with Gasteiger partial charge in [0.2, 0.25) is 0 Å². The van der Waals surface area contributed by atoms with E-state index in [1.807, 2.05) is 6.07 Å². The molecule has 0 fully saturated rings. The van der Waals surface area contributed by atoms with Crippen LogP contribution in [0, 0.1) is 13.8 Å². The third kappa shape index (κ3) is 2.57. The number of aromatic nitrogens is 2. The van der Waals surface area contributed by atoms with Crippen LogP contribution in [-0.2, 0) is 0 Å². The number of halogens is 1. The number of anilines is 1. The van der Waals surface area contributed by atoms with Crippen molar-refractivity contribution in [3.05, 3.63) is 27.0 Å². The zero-order valence-electron chi connectivity index (χ0n) is 10.7. The Morgan fingerprint density at radius 1 is 1.28 bits per heavy atom. The van der Waals surface area contributed by atoms with Crippen LogP contribution in [0.4, 0.5) is 5.82 Å². The first kappa shape index (κ1) is 13.5. The van der Waals surface area contributed by atoms with Crippen LogP contribution in [0.5, 0.6) is 0 Å². The molecule has 0 spiro atoms. The van der Waals surface area contributed by atoms with Gasteiger partial charge in [0.1, 0.15) is 5.69 Å². The lowest BCUT2D eigenvalue weighted by atomic mass is 10.1. The van der Waals surface area contributed by atoms with Gasteiger partial charge in [0.05, 0.1) is 4.88 Å². The molecule has 0 atom stereocenters. The molecule has 2 aromatic rings. The third-order valence-electron chi connectivity index (χ3n) is 2.90. The fourth-order valence-electron chi connectivity index (χ4n) is 1.69. The molecule has 2 heterocycles. The number of rotatable bonds is 4. The second-order valence-corrected chi connectivity index (χ2v) is 5.94. The molecule has 2 aromatic heterocycles. The third-order valence-corrected chi connectivity index (χ3v) is 4.74. The largest absolute Gasteiger partial charge is 0.368 e. The van der Waals surface area contributed by atoms with E-state index in [4.69, 9.17) is 0 Å². The Morgan fingerprint density at radius 2 is 2.06 bits per heavy atom. The topological polar surface area (TPSA) is 37.8 Å². The van der Waals surface area contributed by atoms with Crippen molar-refractivity contribution in [2.75, 3.05) is 11.9 Å². The Hall–Kier alpha value is -0.940. The molecule has 0 saturated carbocycles. The number of hydrogen-bond acceptors (Lipinski definition) is 4. The summed E-state index contributed by atoms with van der Waals surface area (Å²) < 4.78 is 1.08. The van der Waals surface area contributed by atoms with Crippen LogP contribution in [-0.4, -0.2) is 16.7 Å². The van der Waals surface area contributed by atoms with Crippen molar-refractivity contribution in [1.82, 2.24) is 10.2 Å². The van der Waals surface area contributed by atoms with E-state index < -0.39 is 0 Å². The lowest BCUT2D eigenvalue weighted by Gasteiger charge is -2.11. The maximum absolute atomic E-state index is 4.36. The number of thiophene rings is 1.